The molecule has 230 valence electrons. The number of para-hydroxylation sites is 5. The first-order valence-electron chi connectivity index (χ1n) is 16.7. The second-order valence-corrected chi connectivity index (χ2v) is 12.6. The average Bonchev–Trinajstić information content (AvgIpc) is 3.70. The lowest BCUT2D eigenvalue weighted by Gasteiger charge is -2.29. The minimum Gasteiger partial charge on any atom is -0.456 e. The molecular formula is C46H30N2O. The van der Waals surface area contributed by atoms with Gasteiger partial charge < -0.3 is 13.9 Å². The number of hydrogen-bond acceptors (Lipinski definition) is 2. The highest BCUT2D eigenvalue weighted by Gasteiger charge is 2.23. The standard InChI is InChI=1S/C46H30N2O/c1-3-14-31(15-4-1)36-18-7-10-22-41(36)47(35-27-26-32-30-45-40(29-33(32)28-35)38-20-9-12-25-44(38)49-45)43-24-13-21-39-37-19-8-11-23-42(37)48(46(39)43)34-16-5-2-6-17-34/h1-30H. The maximum Gasteiger partial charge on any atom is 0.136 e. The topological polar surface area (TPSA) is 21.3 Å². The summed E-state index contributed by atoms with van der Waals surface area (Å²) in [4.78, 5) is 2.44. The van der Waals surface area contributed by atoms with Crippen LogP contribution in [0.5, 0.6) is 0 Å². The Hall–Kier alpha value is -6.58. The summed E-state index contributed by atoms with van der Waals surface area (Å²) < 4.78 is 8.68. The van der Waals surface area contributed by atoms with Crippen molar-refractivity contribution in [2.24, 2.45) is 0 Å². The van der Waals surface area contributed by atoms with Crippen LogP contribution >= 0.6 is 0 Å². The van der Waals surface area contributed by atoms with Gasteiger partial charge in [0.25, 0.3) is 0 Å². The molecule has 8 aromatic carbocycles. The van der Waals surface area contributed by atoms with E-state index < -0.39 is 0 Å². The first-order valence-corrected chi connectivity index (χ1v) is 16.7. The summed E-state index contributed by atoms with van der Waals surface area (Å²) in [5.74, 6) is 0. The highest BCUT2D eigenvalue weighted by Crippen LogP contribution is 2.46. The summed E-state index contributed by atoms with van der Waals surface area (Å²) in [5, 5.41) is 7.01. The minimum atomic E-state index is 0.907. The molecule has 0 radical (unpaired) electrons. The first-order chi connectivity index (χ1) is 24.3. The van der Waals surface area contributed by atoms with Crippen molar-refractivity contribution in [3.63, 3.8) is 0 Å². The quantitative estimate of drug-likeness (QED) is 0.190. The van der Waals surface area contributed by atoms with Crippen molar-refractivity contribution in [1.29, 1.82) is 0 Å². The van der Waals surface area contributed by atoms with Crippen molar-refractivity contribution < 1.29 is 4.42 Å². The molecular weight excluding hydrogens is 597 g/mol. The van der Waals surface area contributed by atoms with E-state index in [0.29, 0.717) is 0 Å². The number of nitrogens with zero attached hydrogens (tertiary/aromatic N) is 2. The lowest BCUT2D eigenvalue weighted by Crippen LogP contribution is -2.13. The molecule has 0 bridgehead atoms. The fourth-order valence-corrected chi connectivity index (χ4v) is 7.56. The summed E-state index contributed by atoms with van der Waals surface area (Å²) in [6.07, 6.45) is 0. The van der Waals surface area contributed by atoms with Gasteiger partial charge in [0.1, 0.15) is 11.2 Å². The maximum atomic E-state index is 6.26. The van der Waals surface area contributed by atoms with Crippen LogP contribution in [0.1, 0.15) is 0 Å². The number of anilines is 3. The molecule has 49 heavy (non-hydrogen) atoms. The van der Waals surface area contributed by atoms with E-state index in [9.17, 15) is 0 Å². The van der Waals surface area contributed by atoms with Crippen LogP contribution in [0.3, 0.4) is 0 Å². The van der Waals surface area contributed by atoms with Crippen molar-refractivity contribution in [3.05, 3.63) is 182 Å². The van der Waals surface area contributed by atoms with Crippen LogP contribution in [0, 0.1) is 0 Å². The molecule has 0 spiro atoms. The highest BCUT2D eigenvalue weighted by molar-refractivity contribution is 6.15. The molecule has 0 saturated heterocycles. The molecule has 0 amide bonds. The third kappa shape index (κ3) is 4.37. The third-order valence-electron chi connectivity index (χ3n) is 9.74. The van der Waals surface area contributed by atoms with Crippen molar-refractivity contribution in [3.8, 4) is 16.8 Å². The molecule has 3 heteroatoms. The Morgan fingerprint density at radius 2 is 1.12 bits per heavy atom. The minimum absolute atomic E-state index is 0.907. The molecule has 0 atom stereocenters. The fourth-order valence-electron chi connectivity index (χ4n) is 7.56. The van der Waals surface area contributed by atoms with Gasteiger partial charge in [-0.3, -0.25) is 0 Å². The van der Waals surface area contributed by atoms with Crippen LogP contribution in [-0.4, -0.2) is 4.57 Å². The zero-order valence-electron chi connectivity index (χ0n) is 26.6. The Kier molecular flexibility index (Phi) is 6.18. The van der Waals surface area contributed by atoms with Gasteiger partial charge >= 0.3 is 0 Å². The summed E-state index contributed by atoms with van der Waals surface area (Å²) in [6, 6.07) is 65.1. The molecule has 0 aliphatic heterocycles. The SMILES string of the molecule is c1ccc(-c2ccccc2N(c2ccc3cc4oc5ccccc5c4cc3c2)c2cccc3c4ccccc4n(-c4ccccc4)c23)cc1. The molecule has 0 fully saturated rings. The van der Waals surface area contributed by atoms with Crippen LogP contribution in [-0.2, 0) is 0 Å². The Balaban J connectivity index is 1.30. The number of benzene rings is 8. The number of hydrogen-bond donors (Lipinski definition) is 0. The fraction of sp³-hybridized carbons (Fsp3) is 0. The summed E-state index contributed by atoms with van der Waals surface area (Å²) in [5.41, 5.74) is 10.9. The van der Waals surface area contributed by atoms with Crippen LogP contribution in [0.2, 0.25) is 0 Å². The molecule has 2 heterocycles. The Labute approximate surface area is 283 Å². The molecule has 0 aliphatic rings. The second kappa shape index (κ2) is 11.0. The largest absolute Gasteiger partial charge is 0.456 e. The van der Waals surface area contributed by atoms with Gasteiger partial charge in [-0.1, -0.05) is 121 Å². The van der Waals surface area contributed by atoms with Gasteiger partial charge in [0.2, 0.25) is 0 Å². The van der Waals surface area contributed by atoms with Gasteiger partial charge in [0.05, 0.1) is 22.4 Å². The molecule has 0 aliphatic carbocycles. The van der Waals surface area contributed by atoms with Gasteiger partial charge in [-0.25, -0.2) is 0 Å². The van der Waals surface area contributed by atoms with E-state index in [2.05, 4.69) is 179 Å². The molecule has 2 aromatic heterocycles. The van der Waals surface area contributed by atoms with Gasteiger partial charge in [-0.2, -0.15) is 0 Å². The molecule has 0 N–H and O–H groups in total. The van der Waals surface area contributed by atoms with Crippen LogP contribution in [0.4, 0.5) is 17.1 Å². The zero-order chi connectivity index (χ0) is 32.3. The molecule has 10 aromatic rings. The average molecular weight is 627 g/mol. The van der Waals surface area contributed by atoms with Crippen molar-refractivity contribution >= 4 is 71.6 Å². The number of fused-ring (bicyclic) bond motifs is 7. The van der Waals surface area contributed by atoms with Crippen LogP contribution in [0.15, 0.2) is 186 Å². The number of aromatic nitrogens is 1. The van der Waals surface area contributed by atoms with Gasteiger partial charge in [-0.15, -0.1) is 0 Å². The predicted octanol–water partition coefficient (Wildman–Crippen LogP) is 13.0. The maximum absolute atomic E-state index is 6.26. The lowest BCUT2D eigenvalue weighted by molar-refractivity contribution is 0.669. The van der Waals surface area contributed by atoms with Gasteiger partial charge in [0, 0.05) is 38.5 Å². The smallest absolute Gasteiger partial charge is 0.136 e. The molecule has 0 unspecified atom stereocenters. The van der Waals surface area contributed by atoms with Crippen LogP contribution < -0.4 is 4.90 Å². The lowest BCUT2D eigenvalue weighted by atomic mass is 10.0. The Morgan fingerprint density at radius 3 is 2.00 bits per heavy atom. The molecule has 3 nitrogen and oxygen atoms in total. The van der Waals surface area contributed by atoms with E-state index in [1.807, 2.05) is 12.1 Å². The van der Waals surface area contributed by atoms with Gasteiger partial charge in [0.15, 0.2) is 0 Å². The Morgan fingerprint density at radius 1 is 0.429 bits per heavy atom. The normalized spacial score (nSPS) is 11.7. The zero-order valence-corrected chi connectivity index (χ0v) is 26.6. The van der Waals surface area contributed by atoms with Crippen LogP contribution in [0.25, 0.3) is 71.3 Å². The number of furan rings is 1. The summed E-state index contributed by atoms with van der Waals surface area (Å²) in [7, 11) is 0. The highest BCUT2D eigenvalue weighted by atomic mass is 16.3. The van der Waals surface area contributed by atoms with Crippen molar-refractivity contribution in [1.82, 2.24) is 4.57 Å². The van der Waals surface area contributed by atoms with Crippen molar-refractivity contribution in [2.75, 3.05) is 4.90 Å². The third-order valence-corrected chi connectivity index (χ3v) is 9.74. The van der Waals surface area contributed by atoms with E-state index >= 15 is 0 Å². The Bertz CT molecular complexity index is 2830. The second-order valence-electron chi connectivity index (χ2n) is 12.6. The van der Waals surface area contributed by atoms with E-state index in [4.69, 9.17) is 4.42 Å². The molecule has 10 rings (SSSR count). The van der Waals surface area contributed by atoms with E-state index in [-0.39, 0.29) is 0 Å². The van der Waals surface area contributed by atoms with Crippen molar-refractivity contribution in [2.45, 2.75) is 0 Å². The van der Waals surface area contributed by atoms with Gasteiger partial charge in [-0.05, 0) is 77.0 Å². The monoisotopic (exact) mass is 626 g/mol. The summed E-state index contributed by atoms with van der Waals surface area (Å²) in [6.45, 7) is 0. The summed E-state index contributed by atoms with van der Waals surface area (Å²) >= 11 is 0. The predicted molar refractivity (Wildman–Crippen MR) is 206 cm³/mol. The first kappa shape index (κ1) is 27.5. The number of rotatable bonds is 5. The molecule has 0 saturated carbocycles. The van der Waals surface area contributed by atoms with E-state index in [1.54, 1.807) is 0 Å². The van der Waals surface area contributed by atoms with E-state index in [0.717, 1.165) is 61.0 Å². The van der Waals surface area contributed by atoms with E-state index in [1.165, 1.54) is 27.4 Å².